The summed E-state index contributed by atoms with van der Waals surface area (Å²) in [5.41, 5.74) is 2.28. The van der Waals surface area contributed by atoms with Crippen molar-refractivity contribution in [3.8, 4) is 0 Å². The molecule has 1 aliphatic carbocycles. The first-order chi connectivity index (χ1) is 10.3. The maximum atomic E-state index is 4.41. The van der Waals surface area contributed by atoms with E-state index in [0.717, 1.165) is 24.2 Å². The number of nitrogens with zero attached hydrogens (tertiary/aromatic N) is 3. The summed E-state index contributed by atoms with van der Waals surface area (Å²) in [6.45, 7) is 5.17. The molecular weight excluding hydrogens is 389 g/mol. The molecule has 0 amide bonds. The van der Waals surface area contributed by atoms with Crippen molar-refractivity contribution in [2.45, 2.75) is 44.8 Å². The molecule has 1 aromatic heterocycles. The van der Waals surface area contributed by atoms with Gasteiger partial charge in [0.1, 0.15) is 0 Å². The number of likely N-dealkylation sites (tertiary alicyclic amines) is 1. The Morgan fingerprint density at radius 2 is 2.23 bits per heavy atom. The summed E-state index contributed by atoms with van der Waals surface area (Å²) in [6.07, 6.45) is 5.82. The minimum atomic E-state index is 0. The maximum absolute atomic E-state index is 4.41. The fourth-order valence-electron chi connectivity index (χ4n) is 2.94. The summed E-state index contributed by atoms with van der Waals surface area (Å²) in [6, 6.07) is 5.44. The molecule has 1 unspecified atom stereocenters. The van der Waals surface area contributed by atoms with Crippen molar-refractivity contribution in [2.75, 3.05) is 20.1 Å². The van der Waals surface area contributed by atoms with Crippen LogP contribution in [0.2, 0.25) is 0 Å². The number of nitrogens with one attached hydrogen (secondary N) is 2. The molecule has 1 saturated carbocycles. The third kappa shape index (κ3) is 4.55. The Balaban J connectivity index is 0.00000176. The van der Waals surface area contributed by atoms with E-state index in [0.29, 0.717) is 12.6 Å². The molecule has 1 aliphatic heterocycles. The van der Waals surface area contributed by atoms with E-state index in [1.54, 1.807) is 0 Å². The van der Waals surface area contributed by atoms with Crippen LogP contribution < -0.4 is 10.6 Å². The quantitative estimate of drug-likeness (QED) is 0.448. The molecule has 2 heterocycles. The first-order valence-corrected chi connectivity index (χ1v) is 7.88. The molecule has 3 rings (SSSR count). The Morgan fingerprint density at radius 3 is 2.91 bits per heavy atom. The van der Waals surface area contributed by atoms with Crippen molar-refractivity contribution in [1.82, 2.24) is 20.5 Å². The summed E-state index contributed by atoms with van der Waals surface area (Å²) in [7, 11) is 1.83. The molecule has 6 heteroatoms. The van der Waals surface area contributed by atoms with Crippen molar-refractivity contribution in [2.24, 2.45) is 4.99 Å². The minimum absolute atomic E-state index is 0. The number of aromatic nitrogens is 1. The van der Waals surface area contributed by atoms with Gasteiger partial charge in [0, 0.05) is 38.4 Å². The number of hydrogen-bond acceptors (Lipinski definition) is 3. The normalized spacial score (nSPS) is 22.3. The third-order valence-corrected chi connectivity index (χ3v) is 4.39. The average molecular weight is 415 g/mol. The smallest absolute Gasteiger partial charge is 0.191 e. The Bertz CT molecular complexity index is 515. The lowest BCUT2D eigenvalue weighted by atomic mass is 10.2. The molecule has 0 radical (unpaired) electrons. The van der Waals surface area contributed by atoms with Crippen molar-refractivity contribution in [3.63, 3.8) is 0 Å². The molecule has 2 aliphatic rings. The van der Waals surface area contributed by atoms with Gasteiger partial charge in [-0.1, -0.05) is 6.07 Å². The summed E-state index contributed by atoms with van der Waals surface area (Å²) in [5, 5.41) is 6.91. The molecule has 1 atom stereocenters. The van der Waals surface area contributed by atoms with E-state index in [1.807, 2.05) is 19.3 Å². The van der Waals surface area contributed by atoms with E-state index >= 15 is 0 Å². The highest BCUT2D eigenvalue weighted by atomic mass is 127. The zero-order valence-electron chi connectivity index (χ0n) is 13.4. The summed E-state index contributed by atoms with van der Waals surface area (Å²) >= 11 is 0. The van der Waals surface area contributed by atoms with Crippen molar-refractivity contribution in [1.29, 1.82) is 0 Å². The second-order valence-corrected chi connectivity index (χ2v) is 6.05. The molecule has 2 fully saturated rings. The average Bonchev–Trinajstić information content (AvgIpc) is 3.25. The Labute approximate surface area is 150 Å². The highest BCUT2D eigenvalue weighted by molar-refractivity contribution is 14.0. The standard InChI is InChI=1S/C16H25N5.HI/c1-12-4-3-8-18-15(12)10-19-16(17-2)20-13-7-9-21(11-13)14-5-6-14;/h3-4,8,13-14H,5-7,9-11H2,1-2H3,(H2,17,19,20);1H. The highest BCUT2D eigenvalue weighted by Gasteiger charge is 2.34. The van der Waals surface area contributed by atoms with Gasteiger partial charge in [-0.2, -0.15) is 0 Å². The van der Waals surface area contributed by atoms with Gasteiger partial charge < -0.3 is 10.6 Å². The first-order valence-electron chi connectivity index (χ1n) is 7.88. The Morgan fingerprint density at radius 1 is 1.41 bits per heavy atom. The van der Waals surface area contributed by atoms with Crippen LogP contribution in [-0.4, -0.2) is 48.1 Å². The maximum Gasteiger partial charge on any atom is 0.191 e. The molecule has 2 N–H and O–H groups in total. The van der Waals surface area contributed by atoms with E-state index in [2.05, 4.69) is 38.5 Å². The van der Waals surface area contributed by atoms with Crippen LogP contribution in [0.1, 0.15) is 30.5 Å². The third-order valence-electron chi connectivity index (χ3n) is 4.39. The molecule has 5 nitrogen and oxygen atoms in total. The summed E-state index contributed by atoms with van der Waals surface area (Å²) in [5.74, 6) is 0.878. The largest absolute Gasteiger partial charge is 0.352 e. The summed E-state index contributed by atoms with van der Waals surface area (Å²) in [4.78, 5) is 11.3. The van der Waals surface area contributed by atoms with E-state index in [1.165, 1.54) is 31.4 Å². The van der Waals surface area contributed by atoms with Crippen LogP contribution in [0.3, 0.4) is 0 Å². The fourth-order valence-corrected chi connectivity index (χ4v) is 2.94. The SMILES string of the molecule is CN=C(NCc1ncccc1C)NC1CCN(C2CC2)C1.I. The van der Waals surface area contributed by atoms with Crippen LogP contribution in [0.5, 0.6) is 0 Å². The molecule has 0 aromatic carbocycles. The molecule has 1 saturated heterocycles. The number of aliphatic imine (C=N–C) groups is 1. The van der Waals surface area contributed by atoms with Crippen molar-refractivity contribution < 1.29 is 0 Å². The Hall–Kier alpha value is -0.890. The van der Waals surface area contributed by atoms with Crippen LogP contribution >= 0.6 is 24.0 Å². The lowest BCUT2D eigenvalue weighted by molar-refractivity contribution is 0.321. The lowest BCUT2D eigenvalue weighted by Gasteiger charge is -2.18. The second kappa shape index (κ2) is 8.10. The van der Waals surface area contributed by atoms with E-state index in [-0.39, 0.29) is 24.0 Å². The summed E-state index contributed by atoms with van der Waals surface area (Å²) < 4.78 is 0. The van der Waals surface area contributed by atoms with Crippen LogP contribution in [0.4, 0.5) is 0 Å². The molecule has 0 bridgehead atoms. The molecule has 0 spiro atoms. The number of halogens is 1. The molecular formula is C16H26IN5. The van der Waals surface area contributed by atoms with Gasteiger partial charge in [-0.05, 0) is 37.8 Å². The lowest BCUT2D eigenvalue weighted by Crippen LogP contribution is -2.44. The minimum Gasteiger partial charge on any atom is -0.352 e. The highest BCUT2D eigenvalue weighted by Crippen LogP contribution is 2.29. The molecule has 22 heavy (non-hydrogen) atoms. The van der Waals surface area contributed by atoms with Crippen molar-refractivity contribution >= 4 is 29.9 Å². The molecule has 1 aromatic rings. The van der Waals surface area contributed by atoms with E-state index < -0.39 is 0 Å². The van der Waals surface area contributed by atoms with Gasteiger partial charge in [-0.15, -0.1) is 24.0 Å². The second-order valence-electron chi connectivity index (χ2n) is 6.05. The predicted molar refractivity (Wildman–Crippen MR) is 101 cm³/mol. The number of pyridine rings is 1. The van der Waals surface area contributed by atoms with Crippen LogP contribution in [0, 0.1) is 6.92 Å². The topological polar surface area (TPSA) is 52.6 Å². The van der Waals surface area contributed by atoms with Crippen LogP contribution in [0.15, 0.2) is 23.3 Å². The van der Waals surface area contributed by atoms with E-state index in [4.69, 9.17) is 0 Å². The predicted octanol–water partition coefficient (Wildman–Crippen LogP) is 1.91. The van der Waals surface area contributed by atoms with Gasteiger partial charge >= 0.3 is 0 Å². The van der Waals surface area contributed by atoms with Gasteiger partial charge in [0.15, 0.2) is 5.96 Å². The number of hydrogen-bond donors (Lipinski definition) is 2. The van der Waals surface area contributed by atoms with E-state index in [9.17, 15) is 0 Å². The zero-order valence-corrected chi connectivity index (χ0v) is 15.7. The van der Waals surface area contributed by atoms with Gasteiger partial charge in [0.25, 0.3) is 0 Å². The number of guanidine groups is 1. The Kier molecular flexibility index (Phi) is 6.43. The van der Waals surface area contributed by atoms with Gasteiger partial charge in [0.2, 0.25) is 0 Å². The molecule has 122 valence electrons. The van der Waals surface area contributed by atoms with Gasteiger partial charge in [-0.3, -0.25) is 14.9 Å². The number of aryl methyl sites for hydroxylation is 1. The monoisotopic (exact) mass is 415 g/mol. The van der Waals surface area contributed by atoms with Crippen LogP contribution in [-0.2, 0) is 6.54 Å². The van der Waals surface area contributed by atoms with Gasteiger partial charge in [0.05, 0.1) is 12.2 Å². The fraction of sp³-hybridized carbons (Fsp3) is 0.625. The first kappa shape index (κ1) is 17.5. The van der Waals surface area contributed by atoms with Crippen molar-refractivity contribution in [3.05, 3.63) is 29.6 Å². The van der Waals surface area contributed by atoms with Crippen LogP contribution in [0.25, 0.3) is 0 Å². The zero-order chi connectivity index (χ0) is 14.7. The number of rotatable bonds is 4. The van der Waals surface area contributed by atoms with Gasteiger partial charge in [-0.25, -0.2) is 0 Å².